The summed E-state index contributed by atoms with van der Waals surface area (Å²) in [6.07, 6.45) is 0. The number of aromatic nitrogens is 1. The van der Waals surface area contributed by atoms with Gasteiger partial charge in [0.05, 0.1) is 14.2 Å². The van der Waals surface area contributed by atoms with Gasteiger partial charge in [-0.3, -0.25) is 0 Å². The van der Waals surface area contributed by atoms with Crippen LogP contribution in [0.4, 0.5) is 0 Å². The summed E-state index contributed by atoms with van der Waals surface area (Å²) in [4.78, 5) is 14.5. The molecule has 0 bridgehead atoms. The second-order valence-electron chi connectivity index (χ2n) is 3.00. The molecular formula is C10H9NO5. The van der Waals surface area contributed by atoms with Crippen LogP contribution in [0.3, 0.4) is 0 Å². The van der Waals surface area contributed by atoms with Crippen LogP contribution in [0.25, 0.3) is 11.1 Å². The third-order valence-corrected chi connectivity index (χ3v) is 2.08. The maximum absolute atomic E-state index is 10.7. The lowest BCUT2D eigenvalue weighted by atomic mass is 10.3. The van der Waals surface area contributed by atoms with Gasteiger partial charge in [-0.25, -0.2) is 9.78 Å². The standard InChI is InChI=1S/C10H9NO5/c1-14-7-3-5-6(4-8(7)15-2)16-9(11-5)10(12)13/h3-4H,1-2H3,(H,12,13). The number of oxazole rings is 1. The van der Waals surface area contributed by atoms with Gasteiger partial charge >= 0.3 is 11.9 Å². The van der Waals surface area contributed by atoms with Crippen LogP contribution in [0, 0.1) is 0 Å². The van der Waals surface area contributed by atoms with Gasteiger partial charge in [0, 0.05) is 12.1 Å². The number of fused-ring (bicyclic) bond motifs is 1. The molecule has 16 heavy (non-hydrogen) atoms. The SMILES string of the molecule is COc1cc2nc(C(=O)O)oc2cc1OC. The van der Waals surface area contributed by atoms with Crippen molar-refractivity contribution in [2.45, 2.75) is 0 Å². The van der Waals surface area contributed by atoms with Gasteiger partial charge in [0.25, 0.3) is 0 Å². The zero-order chi connectivity index (χ0) is 11.7. The van der Waals surface area contributed by atoms with Crippen molar-refractivity contribution in [1.82, 2.24) is 4.98 Å². The molecule has 0 fully saturated rings. The Bertz CT molecular complexity index is 504. The topological polar surface area (TPSA) is 81.8 Å². The number of rotatable bonds is 3. The summed E-state index contributed by atoms with van der Waals surface area (Å²) >= 11 is 0. The first-order valence-electron chi connectivity index (χ1n) is 4.41. The minimum Gasteiger partial charge on any atom is -0.493 e. The van der Waals surface area contributed by atoms with Crippen LogP contribution >= 0.6 is 0 Å². The molecule has 0 radical (unpaired) electrons. The minimum atomic E-state index is -1.21. The smallest absolute Gasteiger partial charge is 0.392 e. The maximum Gasteiger partial charge on any atom is 0.392 e. The molecule has 0 amide bonds. The highest BCUT2D eigenvalue weighted by molar-refractivity contribution is 5.87. The lowest BCUT2D eigenvalue weighted by Gasteiger charge is -2.05. The summed E-state index contributed by atoms with van der Waals surface area (Å²) in [5, 5.41) is 8.72. The maximum atomic E-state index is 10.7. The summed E-state index contributed by atoms with van der Waals surface area (Å²) in [5.41, 5.74) is 0.755. The van der Waals surface area contributed by atoms with Crippen LogP contribution in [0.15, 0.2) is 16.5 Å². The van der Waals surface area contributed by atoms with E-state index in [1.165, 1.54) is 20.3 Å². The molecule has 6 nitrogen and oxygen atoms in total. The second-order valence-corrected chi connectivity index (χ2v) is 3.00. The summed E-state index contributed by atoms with van der Waals surface area (Å²) in [5.74, 6) is -0.636. The van der Waals surface area contributed by atoms with Gasteiger partial charge in [0.2, 0.25) is 0 Å². The van der Waals surface area contributed by atoms with E-state index in [2.05, 4.69) is 4.98 Å². The highest BCUT2D eigenvalue weighted by Gasteiger charge is 2.15. The van der Waals surface area contributed by atoms with Crippen LogP contribution in [0.1, 0.15) is 10.7 Å². The number of ether oxygens (including phenoxy) is 2. The van der Waals surface area contributed by atoms with E-state index < -0.39 is 5.97 Å². The Morgan fingerprint density at radius 3 is 2.50 bits per heavy atom. The molecule has 0 spiro atoms. The molecular weight excluding hydrogens is 214 g/mol. The Labute approximate surface area is 90.4 Å². The third-order valence-electron chi connectivity index (χ3n) is 2.08. The Kier molecular flexibility index (Phi) is 2.40. The molecule has 1 heterocycles. The number of carbonyl (C=O) groups is 1. The predicted octanol–water partition coefficient (Wildman–Crippen LogP) is 1.54. The Balaban J connectivity index is 2.64. The van der Waals surface area contributed by atoms with Crippen molar-refractivity contribution in [3.8, 4) is 11.5 Å². The number of carboxylic acids is 1. The fourth-order valence-electron chi connectivity index (χ4n) is 1.35. The normalized spacial score (nSPS) is 10.4. The van der Waals surface area contributed by atoms with Crippen molar-refractivity contribution < 1.29 is 23.8 Å². The number of methoxy groups -OCH3 is 2. The van der Waals surface area contributed by atoms with Crippen molar-refractivity contribution in [2.75, 3.05) is 14.2 Å². The molecule has 1 aromatic carbocycles. The molecule has 0 saturated heterocycles. The second kappa shape index (κ2) is 3.73. The van der Waals surface area contributed by atoms with E-state index in [4.69, 9.17) is 19.0 Å². The van der Waals surface area contributed by atoms with Gasteiger partial charge in [-0.2, -0.15) is 0 Å². The molecule has 1 N–H and O–H groups in total. The van der Waals surface area contributed by atoms with Crippen LogP contribution in [-0.4, -0.2) is 30.3 Å². The number of hydrogen-bond acceptors (Lipinski definition) is 5. The van der Waals surface area contributed by atoms with Gasteiger partial charge in [0.15, 0.2) is 17.1 Å². The van der Waals surface area contributed by atoms with E-state index in [1.807, 2.05) is 0 Å². The van der Waals surface area contributed by atoms with Gasteiger partial charge < -0.3 is 19.0 Å². The predicted molar refractivity (Wildman–Crippen MR) is 54.1 cm³/mol. The van der Waals surface area contributed by atoms with E-state index in [-0.39, 0.29) is 5.89 Å². The van der Waals surface area contributed by atoms with Crippen molar-refractivity contribution in [1.29, 1.82) is 0 Å². The Morgan fingerprint density at radius 2 is 1.94 bits per heavy atom. The van der Waals surface area contributed by atoms with E-state index in [0.717, 1.165) is 0 Å². The number of aromatic carboxylic acids is 1. The lowest BCUT2D eigenvalue weighted by Crippen LogP contribution is -1.94. The monoisotopic (exact) mass is 223 g/mol. The molecule has 1 aromatic heterocycles. The van der Waals surface area contributed by atoms with Gasteiger partial charge in [-0.05, 0) is 0 Å². The minimum absolute atomic E-state index is 0.343. The molecule has 0 unspecified atom stereocenters. The highest BCUT2D eigenvalue weighted by Crippen LogP contribution is 2.32. The highest BCUT2D eigenvalue weighted by atomic mass is 16.5. The van der Waals surface area contributed by atoms with E-state index in [9.17, 15) is 4.79 Å². The van der Waals surface area contributed by atoms with Crippen LogP contribution in [0.5, 0.6) is 11.5 Å². The quantitative estimate of drug-likeness (QED) is 0.849. The largest absolute Gasteiger partial charge is 0.493 e. The molecule has 84 valence electrons. The molecule has 6 heteroatoms. The lowest BCUT2D eigenvalue weighted by molar-refractivity contribution is 0.0656. The zero-order valence-electron chi connectivity index (χ0n) is 8.68. The van der Waals surface area contributed by atoms with Crippen LogP contribution in [-0.2, 0) is 0 Å². The van der Waals surface area contributed by atoms with E-state index >= 15 is 0 Å². The number of nitrogens with zero attached hydrogens (tertiary/aromatic N) is 1. The molecule has 2 aromatic rings. The summed E-state index contributed by atoms with van der Waals surface area (Å²) < 4.78 is 15.1. The summed E-state index contributed by atoms with van der Waals surface area (Å²) in [6, 6.07) is 3.09. The number of carboxylic acid groups (broad SMARTS) is 1. The zero-order valence-corrected chi connectivity index (χ0v) is 8.68. The van der Waals surface area contributed by atoms with Crippen LogP contribution < -0.4 is 9.47 Å². The van der Waals surface area contributed by atoms with Crippen molar-refractivity contribution >= 4 is 17.1 Å². The summed E-state index contributed by atoms with van der Waals surface area (Å²) in [6.45, 7) is 0. The summed E-state index contributed by atoms with van der Waals surface area (Å²) in [7, 11) is 2.97. The average molecular weight is 223 g/mol. The van der Waals surface area contributed by atoms with E-state index in [0.29, 0.717) is 22.6 Å². The van der Waals surface area contributed by atoms with Gasteiger partial charge in [-0.15, -0.1) is 0 Å². The van der Waals surface area contributed by atoms with Gasteiger partial charge in [0.1, 0.15) is 5.52 Å². The first-order chi connectivity index (χ1) is 7.65. The van der Waals surface area contributed by atoms with E-state index in [1.54, 1.807) is 6.07 Å². The molecule has 0 atom stereocenters. The fourth-order valence-corrected chi connectivity index (χ4v) is 1.35. The average Bonchev–Trinajstić information content (AvgIpc) is 2.69. The molecule has 0 aliphatic heterocycles. The van der Waals surface area contributed by atoms with Crippen molar-refractivity contribution in [3.05, 3.63) is 18.0 Å². The van der Waals surface area contributed by atoms with Crippen LogP contribution in [0.2, 0.25) is 0 Å². The first kappa shape index (κ1) is 10.3. The molecule has 2 rings (SSSR count). The first-order valence-corrected chi connectivity index (χ1v) is 4.41. The molecule has 0 aliphatic carbocycles. The number of hydrogen-bond donors (Lipinski definition) is 1. The molecule has 0 saturated carbocycles. The number of benzene rings is 1. The van der Waals surface area contributed by atoms with Crippen molar-refractivity contribution in [3.63, 3.8) is 0 Å². The third kappa shape index (κ3) is 1.54. The van der Waals surface area contributed by atoms with Crippen molar-refractivity contribution in [2.24, 2.45) is 0 Å². The molecule has 0 aliphatic rings. The Hall–Kier alpha value is -2.24. The van der Waals surface area contributed by atoms with Gasteiger partial charge in [-0.1, -0.05) is 0 Å². The fraction of sp³-hybridized carbons (Fsp3) is 0.200. The Morgan fingerprint density at radius 1 is 1.31 bits per heavy atom.